The van der Waals surface area contributed by atoms with Crippen LogP contribution in [0.5, 0.6) is 0 Å². The van der Waals surface area contributed by atoms with Gasteiger partial charge in [-0.05, 0) is 18.2 Å². The maximum Gasteiger partial charge on any atom is 0.325 e. The summed E-state index contributed by atoms with van der Waals surface area (Å²) in [4.78, 5) is 22.8. The van der Waals surface area contributed by atoms with E-state index in [4.69, 9.17) is 16.7 Å². The quantitative estimate of drug-likeness (QED) is 0.787. The molecule has 3 rings (SSSR count). The first kappa shape index (κ1) is 13.3. The van der Waals surface area contributed by atoms with E-state index >= 15 is 0 Å². The van der Waals surface area contributed by atoms with Crippen LogP contribution in [-0.4, -0.2) is 30.5 Å². The van der Waals surface area contributed by atoms with E-state index in [-0.39, 0.29) is 5.52 Å². The molecule has 0 spiro atoms. The van der Waals surface area contributed by atoms with Gasteiger partial charge in [-0.1, -0.05) is 23.7 Å². The molecule has 0 aliphatic carbocycles. The lowest BCUT2D eigenvalue weighted by Crippen LogP contribution is -2.27. The first-order valence-electron chi connectivity index (χ1n) is 5.98. The van der Waals surface area contributed by atoms with Crippen molar-refractivity contribution in [1.29, 1.82) is 0 Å². The summed E-state index contributed by atoms with van der Waals surface area (Å²) in [7, 11) is 0. The molecule has 3 aromatic rings. The van der Waals surface area contributed by atoms with E-state index in [0.29, 0.717) is 10.7 Å². The summed E-state index contributed by atoms with van der Waals surface area (Å²) < 4.78 is 2.19. The van der Waals surface area contributed by atoms with Crippen LogP contribution in [0.15, 0.2) is 41.5 Å². The van der Waals surface area contributed by atoms with Crippen molar-refractivity contribution in [3.05, 3.63) is 52.0 Å². The maximum absolute atomic E-state index is 12.1. The van der Waals surface area contributed by atoms with Crippen molar-refractivity contribution in [3.63, 3.8) is 0 Å². The van der Waals surface area contributed by atoms with Gasteiger partial charge in [-0.15, -0.1) is 0 Å². The highest BCUT2D eigenvalue weighted by molar-refractivity contribution is 6.30. The van der Waals surface area contributed by atoms with Crippen molar-refractivity contribution in [2.45, 2.75) is 6.54 Å². The summed E-state index contributed by atoms with van der Waals surface area (Å²) in [6, 6.07) is 8.64. The number of fused-ring (bicyclic) bond motifs is 1. The molecule has 0 aliphatic heterocycles. The van der Waals surface area contributed by atoms with Gasteiger partial charge in [-0.3, -0.25) is 9.59 Å². The Morgan fingerprint density at radius 3 is 2.86 bits per heavy atom. The Bertz CT molecular complexity index is 900. The number of benzene rings is 1. The van der Waals surface area contributed by atoms with Gasteiger partial charge in [-0.25, -0.2) is 9.20 Å². The highest BCUT2D eigenvalue weighted by Gasteiger charge is 2.11. The lowest BCUT2D eigenvalue weighted by Gasteiger charge is -1.99. The molecule has 7 nitrogen and oxygen atoms in total. The molecule has 0 fully saturated rings. The van der Waals surface area contributed by atoms with E-state index in [1.54, 1.807) is 24.3 Å². The smallest absolute Gasteiger partial charge is 0.325 e. The first-order valence-corrected chi connectivity index (χ1v) is 6.35. The highest BCUT2D eigenvalue weighted by atomic mass is 35.5. The third-order valence-electron chi connectivity index (χ3n) is 2.90. The van der Waals surface area contributed by atoms with Gasteiger partial charge in [0, 0.05) is 10.6 Å². The minimum atomic E-state index is -1.14. The summed E-state index contributed by atoms with van der Waals surface area (Å²) in [5.41, 5.74) is 1.06. The van der Waals surface area contributed by atoms with Crippen LogP contribution in [0, 0.1) is 0 Å². The lowest BCUT2D eigenvalue weighted by molar-refractivity contribution is -0.138. The summed E-state index contributed by atoms with van der Waals surface area (Å²) in [5.74, 6) is -1.14. The molecule has 0 atom stereocenters. The number of aliphatic carboxylic acids is 1. The third kappa shape index (κ3) is 2.50. The number of hydrogen-bond acceptors (Lipinski definition) is 4. The average Bonchev–Trinajstić information content (AvgIpc) is 2.86. The zero-order valence-electron chi connectivity index (χ0n) is 10.6. The molecule has 8 heteroatoms. The predicted molar refractivity (Wildman–Crippen MR) is 75.3 cm³/mol. The second kappa shape index (κ2) is 5.02. The van der Waals surface area contributed by atoms with Crippen molar-refractivity contribution < 1.29 is 9.90 Å². The van der Waals surface area contributed by atoms with E-state index in [9.17, 15) is 9.59 Å². The standard InChI is InChI=1S/C13H9ClN4O3/c14-9-3-1-2-8(4-9)10-5-11-13(21)17(6-12(19)20)15-7-18(11)16-10/h1-5,7H,6H2,(H,19,20). The summed E-state index contributed by atoms with van der Waals surface area (Å²) >= 11 is 5.93. The van der Waals surface area contributed by atoms with Crippen molar-refractivity contribution in [3.8, 4) is 11.3 Å². The molecule has 0 bridgehead atoms. The molecule has 21 heavy (non-hydrogen) atoms. The van der Waals surface area contributed by atoms with Crippen LogP contribution in [-0.2, 0) is 11.3 Å². The molecule has 0 radical (unpaired) electrons. The number of carboxylic acid groups (broad SMARTS) is 1. The minimum absolute atomic E-state index is 0.251. The van der Waals surface area contributed by atoms with Gasteiger partial charge in [0.1, 0.15) is 18.4 Å². The molecule has 1 aromatic carbocycles. The van der Waals surface area contributed by atoms with Crippen LogP contribution in [0.4, 0.5) is 0 Å². The number of aromatic nitrogens is 4. The molecule has 2 aromatic heterocycles. The van der Waals surface area contributed by atoms with Gasteiger partial charge in [-0.2, -0.15) is 10.2 Å². The second-order valence-corrected chi connectivity index (χ2v) is 4.79. The van der Waals surface area contributed by atoms with Gasteiger partial charge >= 0.3 is 5.97 Å². The number of carboxylic acids is 1. The molecule has 106 valence electrons. The van der Waals surface area contributed by atoms with Crippen LogP contribution >= 0.6 is 11.6 Å². The molecule has 2 heterocycles. The first-order chi connectivity index (χ1) is 10.0. The fourth-order valence-electron chi connectivity index (χ4n) is 1.97. The van der Waals surface area contributed by atoms with E-state index in [1.165, 1.54) is 10.8 Å². The molecule has 0 saturated carbocycles. The average molecular weight is 305 g/mol. The predicted octanol–water partition coefficient (Wildman–Crippen LogP) is 1.30. The summed E-state index contributed by atoms with van der Waals surface area (Å²) in [6.07, 6.45) is 1.30. The number of hydrogen-bond donors (Lipinski definition) is 1. The highest BCUT2D eigenvalue weighted by Crippen LogP contribution is 2.21. The molecule has 0 saturated heterocycles. The Kier molecular flexibility index (Phi) is 3.19. The lowest BCUT2D eigenvalue weighted by atomic mass is 10.1. The normalized spacial score (nSPS) is 10.9. The number of carbonyl (C=O) groups is 1. The van der Waals surface area contributed by atoms with Crippen LogP contribution < -0.4 is 5.56 Å². The van der Waals surface area contributed by atoms with E-state index < -0.39 is 18.1 Å². The minimum Gasteiger partial charge on any atom is -0.480 e. The fraction of sp³-hybridized carbons (Fsp3) is 0.0769. The zero-order valence-corrected chi connectivity index (χ0v) is 11.4. The third-order valence-corrected chi connectivity index (χ3v) is 3.13. The monoisotopic (exact) mass is 304 g/mol. The molecule has 0 unspecified atom stereocenters. The Balaban J connectivity index is 2.14. The topological polar surface area (TPSA) is 89.5 Å². The Labute approximate surface area is 123 Å². The molecule has 1 N–H and O–H groups in total. The van der Waals surface area contributed by atoms with Crippen LogP contribution in [0.1, 0.15) is 0 Å². The summed E-state index contributed by atoms with van der Waals surface area (Å²) in [5, 5.41) is 17.3. The van der Waals surface area contributed by atoms with Crippen LogP contribution in [0.2, 0.25) is 5.02 Å². The Hall–Kier alpha value is -2.67. The van der Waals surface area contributed by atoms with Crippen LogP contribution in [0.3, 0.4) is 0 Å². The number of halogens is 1. The van der Waals surface area contributed by atoms with Crippen LogP contribution in [0.25, 0.3) is 16.8 Å². The van der Waals surface area contributed by atoms with Gasteiger partial charge in [0.15, 0.2) is 0 Å². The van der Waals surface area contributed by atoms with Gasteiger partial charge in [0.25, 0.3) is 5.56 Å². The molecule has 0 aliphatic rings. The molecular weight excluding hydrogens is 296 g/mol. The van der Waals surface area contributed by atoms with E-state index in [1.807, 2.05) is 6.07 Å². The molecular formula is C13H9ClN4O3. The van der Waals surface area contributed by atoms with Gasteiger partial charge in [0.05, 0.1) is 5.69 Å². The SMILES string of the molecule is O=C(O)Cn1ncn2nc(-c3cccc(Cl)c3)cc2c1=O. The number of nitrogens with zero attached hydrogens (tertiary/aromatic N) is 4. The van der Waals surface area contributed by atoms with Gasteiger partial charge < -0.3 is 5.11 Å². The largest absolute Gasteiger partial charge is 0.480 e. The van der Waals surface area contributed by atoms with E-state index in [2.05, 4.69) is 10.2 Å². The zero-order chi connectivity index (χ0) is 15.0. The van der Waals surface area contributed by atoms with Gasteiger partial charge in [0.2, 0.25) is 0 Å². The Morgan fingerprint density at radius 1 is 1.33 bits per heavy atom. The number of rotatable bonds is 3. The van der Waals surface area contributed by atoms with Crippen molar-refractivity contribution in [1.82, 2.24) is 19.4 Å². The maximum atomic E-state index is 12.1. The fourth-order valence-corrected chi connectivity index (χ4v) is 2.16. The van der Waals surface area contributed by atoms with E-state index in [0.717, 1.165) is 10.2 Å². The summed E-state index contributed by atoms with van der Waals surface area (Å²) in [6.45, 7) is -0.493. The van der Waals surface area contributed by atoms with Crippen molar-refractivity contribution >= 4 is 23.1 Å². The molecule has 0 amide bonds. The van der Waals surface area contributed by atoms with Crippen molar-refractivity contribution in [2.75, 3.05) is 0 Å². The Morgan fingerprint density at radius 2 is 2.14 bits per heavy atom. The second-order valence-electron chi connectivity index (χ2n) is 4.36. The van der Waals surface area contributed by atoms with Crippen molar-refractivity contribution in [2.24, 2.45) is 0 Å².